The molecule has 0 saturated heterocycles. The maximum atomic E-state index is 5.95. The summed E-state index contributed by atoms with van der Waals surface area (Å²) in [6.45, 7) is 0.664. The number of benzene rings is 2. The lowest BCUT2D eigenvalue weighted by molar-refractivity contribution is 0.694. The van der Waals surface area contributed by atoms with Crippen LogP contribution in [-0.2, 0) is 6.42 Å². The molecule has 1 atom stereocenters. The van der Waals surface area contributed by atoms with Crippen LogP contribution < -0.4 is 10.6 Å². The fourth-order valence-electron chi connectivity index (χ4n) is 2.29. The normalized spacial score (nSPS) is 12.2. The lowest BCUT2D eigenvalue weighted by Gasteiger charge is -2.17. The fraction of sp³-hybridized carbons (Fsp3) is 0.294. The minimum absolute atomic E-state index is 0.369. The Balaban J connectivity index is 2.11. The van der Waals surface area contributed by atoms with Crippen LogP contribution in [0.1, 0.15) is 17.0 Å². The molecule has 0 bridgehead atoms. The first-order chi connectivity index (χ1) is 9.60. The van der Waals surface area contributed by atoms with Crippen molar-refractivity contribution in [2.45, 2.75) is 12.3 Å². The van der Waals surface area contributed by atoms with Crippen LogP contribution in [0.5, 0.6) is 0 Å². The third-order valence-corrected chi connectivity index (χ3v) is 4.09. The van der Waals surface area contributed by atoms with Crippen LogP contribution in [0.15, 0.2) is 53.0 Å². The van der Waals surface area contributed by atoms with E-state index in [9.17, 15) is 0 Å². The quantitative estimate of drug-likeness (QED) is 0.902. The Morgan fingerprint density at radius 1 is 1.00 bits per heavy atom. The summed E-state index contributed by atoms with van der Waals surface area (Å²) in [6, 6.07) is 17.1. The number of hydrogen-bond acceptors (Lipinski definition) is 2. The Kier molecular flexibility index (Phi) is 5.21. The molecule has 0 aliphatic carbocycles. The lowest BCUT2D eigenvalue weighted by atomic mass is 9.92. The zero-order chi connectivity index (χ0) is 14.5. The molecule has 20 heavy (non-hydrogen) atoms. The number of halogens is 1. The molecule has 2 nitrogen and oxygen atoms in total. The zero-order valence-corrected chi connectivity index (χ0v) is 13.6. The van der Waals surface area contributed by atoms with Crippen LogP contribution in [-0.4, -0.2) is 20.6 Å². The van der Waals surface area contributed by atoms with Gasteiger partial charge in [0.2, 0.25) is 0 Å². The van der Waals surface area contributed by atoms with E-state index in [2.05, 4.69) is 83.5 Å². The summed E-state index contributed by atoms with van der Waals surface area (Å²) in [5.74, 6) is 0.369. The SMILES string of the molecule is CN(C)c1ccc(CC(CN)c2ccc(Br)cc2)cc1. The van der Waals surface area contributed by atoms with E-state index in [0.29, 0.717) is 12.5 Å². The van der Waals surface area contributed by atoms with Gasteiger partial charge in [0.05, 0.1) is 0 Å². The van der Waals surface area contributed by atoms with Gasteiger partial charge in [-0.1, -0.05) is 40.2 Å². The molecule has 2 aromatic rings. The minimum atomic E-state index is 0.369. The van der Waals surface area contributed by atoms with Gasteiger partial charge in [0.15, 0.2) is 0 Å². The predicted octanol–water partition coefficient (Wildman–Crippen LogP) is 3.80. The molecular weight excluding hydrogens is 312 g/mol. The fourth-order valence-corrected chi connectivity index (χ4v) is 2.55. The van der Waals surface area contributed by atoms with E-state index >= 15 is 0 Å². The average molecular weight is 333 g/mol. The monoisotopic (exact) mass is 332 g/mol. The number of nitrogens with two attached hydrogens (primary N) is 1. The molecule has 0 radical (unpaired) electrons. The first-order valence-electron chi connectivity index (χ1n) is 6.82. The molecule has 0 spiro atoms. The highest BCUT2D eigenvalue weighted by Crippen LogP contribution is 2.23. The molecule has 3 heteroatoms. The Labute approximate surface area is 129 Å². The molecule has 0 aliphatic rings. The van der Waals surface area contributed by atoms with Gasteiger partial charge in [-0.2, -0.15) is 0 Å². The van der Waals surface area contributed by atoms with Gasteiger partial charge >= 0.3 is 0 Å². The van der Waals surface area contributed by atoms with Crippen molar-refractivity contribution >= 4 is 21.6 Å². The smallest absolute Gasteiger partial charge is 0.0361 e. The molecule has 0 amide bonds. The first kappa shape index (κ1) is 15.1. The Morgan fingerprint density at radius 3 is 2.10 bits per heavy atom. The van der Waals surface area contributed by atoms with E-state index < -0.39 is 0 Å². The van der Waals surface area contributed by atoms with Crippen molar-refractivity contribution in [2.24, 2.45) is 5.73 Å². The molecule has 0 heterocycles. The largest absolute Gasteiger partial charge is 0.378 e. The minimum Gasteiger partial charge on any atom is -0.378 e. The highest BCUT2D eigenvalue weighted by atomic mass is 79.9. The van der Waals surface area contributed by atoms with Crippen LogP contribution in [0.4, 0.5) is 5.69 Å². The van der Waals surface area contributed by atoms with E-state index in [4.69, 9.17) is 5.73 Å². The van der Waals surface area contributed by atoms with Gasteiger partial charge in [0.1, 0.15) is 0 Å². The Bertz CT molecular complexity index is 532. The molecule has 0 aliphatic heterocycles. The van der Waals surface area contributed by atoms with Crippen molar-refractivity contribution in [1.29, 1.82) is 0 Å². The van der Waals surface area contributed by atoms with Crippen molar-refractivity contribution in [2.75, 3.05) is 25.5 Å². The van der Waals surface area contributed by atoms with Gasteiger partial charge in [-0.3, -0.25) is 0 Å². The Morgan fingerprint density at radius 2 is 1.60 bits per heavy atom. The maximum absolute atomic E-state index is 5.95. The van der Waals surface area contributed by atoms with Crippen molar-refractivity contribution < 1.29 is 0 Å². The van der Waals surface area contributed by atoms with Crippen molar-refractivity contribution in [3.05, 3.63) is 64.1 Å². The highest BCUT2D eigenvalue weighted by molar-refractivity contribution is 9.10. The maximum Gasteiger partial charge on any atom is 0.0361 e. The standard InChI is InChI=1S/C17H21BrN2/c1-20(2)17-9-3-13(4-10-17)11-15(12-19)14-5-7-16(18)8-6-14/h3-10,15H,11-12,19H2,1-2H3. The van der Waals surface area contributed by atoms with Crippen molar-refractivity contribution in [3.8, 4) is 0 Å². The summed E-state index contributed by atoms with van der Waals surface area (Å²) >= 11 is 3.47. The molecular formula is C17H21BrN2. The Hall–Kier alpha value is -1.32. The van der Waals surface area contributed by atoms with Crippen molar-refractivity contribution in [1.82, 2.24) is 0 Å². The van der Waals surface area contributed by atoms with Gasteiger partial charge < -0.3 is 10.6 Å². The first-order valence-corrected chi connectivity index (χ1v) is 7.61. The van der Waals surface area contributed by atoms with Crippen LogP contribution in [0.25, 0.3) is 0 Å². The third kappa shape index (κ3) is 3.84. The molecule has 2 aromatic carbocycles. The van der Waals surface area contributed by atoms with Gasteiger partial charge in [0, 0.05) is 30.2 Å². The number of nitrogens with zero attached hydrogens (tertiary/aromatic N) is 1. The zero-order valence-electron chi connectivity index (χ0n) is 12.0. The second-order valence-corrected chi connectivity index (χ2v) is 6.16. The van der Waals surface area contributed by atoms with Gasteiger partial charge in [-0.25, -0.2) is 0 Å². The van der Waals surface area contributed by atoms with E-state index in [1.807, 2.05) is 0 Å². The summed E-state index contributed by atoms with van der Waals surface area (Å²) in [5.41, 5.74) is 9.80. The number of hydrogen-bond donors (Lipinski definition) is 1. The van der Waals surface area contributed by atoms with E-state index in [1.54, 1.807) is 0 Å². The molecule has 0 aromatic heterocycles. The highest BCUT2D eigenvalue weighted by Gasteiger charge is 2.10. The van der Waals surface area contributed by atoms with E-state index in [0.717, 1.165) is 10.9 Å². The molecule has 0 fully saturated rings. The van der Waals surface area contributed by atoms with Crippen LogP contribution in [0.3, 0.4) is 0 Å². The molecule has 0 saturated carbocycles. The topological polar surface area (TPSA) is 29.3 Å². The van der Waals surface area contributed by atoms with Crippen LogP contribution >= 0.6 is 15.9 Å². The number of rotatable bonds is 5. The van der Waals surface area contributed by atoms with E-state index in [-0.39, 0.29) is 0 Å². The molecule has 1 unspecified atom stereocenters. The second-order valence-electron chi connectivity index (χ2n) is 5.25. The summed E-state index contributed by atoms with van der Waals surface area (Å²) in [5, 5.41) is 0. The molecule has 2 rings (SSSR count). The van der Waals surface area contributed by atoms with Crippen molar-refractivity contribution in [3.63, 3.8) is 0 Å². The van der Waals surface area contributed by atoms with Crippen LogP contribution in [0.2, 0.25) is 0 Å². The van der Waals surface area contributed by atoms with Gasteiger partial charge in [-0.15, -0.1) is 0 Å². The predicted molar refractivity (Wildman–Crippen MR) is 90.4 cm³/mol. The lowest BCUT2D eigenvalue weighted by Crippen LogP contribution is -2.15. The average Bonchev–Trinajstić information content (AvgIpc) is 2.46. The summed E-state index contributed by atoms with van der Waals surface area (Å²) in [6.07, 6.45) is 0.978. The van der Waals surface area contributed by atoms with Gasteiger partial charge in [0.25, 0.3) is 0 Å². The van der Waals surface area contributed by atoms with Crippen LogP contribution in [0, 0.1) is 0 Å². The summed E-state index contributed by atoms with van der Waals surface area (Å²) < 4.78 is 1.10. The second kappa shape index (κ2) is 6.91. The summed E-state index contributed by atoms with van der Waals surface area (Å²) in [7, 11) is 4.11. The van der Waals surface area contributed by atoms with Gasteiger partial charge in [-0.05, 0) is 48.4 Å². The van der Waals surface area contributed by atoms with E-state index in [1.165, 1.54) is 16.8 Å². The molecule has 2 N–H and O–H groups in total. The third-order valence-electron chi connectivity index (χ3n) is 3.56. The molecule has 106 valence electrons. The summed E-state index contributed by atoms with van der Waals surface area (Å²) in [4.78, 5) is 2.11. The number of anilines is 1.